The number of carbonyl (C=O) groups excluding carboxylic acids is 1. The van der Waals surface area contributed by atoms with E-state index in [-0.39, 0.29) is 18.7 Å². The van der Waals surface area contributed by atoms with E-state index >= 15 is 0 Å². The molecule has 0 aromatic heterocycles. The Labute approximate surface area is 114 Å². The van der Waals surface area contributed by atoms with Crippen LogP contribution in [0.25, 0.3) is 0 Å². The molecule has 0 saturated carbocycles. The predicted octanol–water partition coefficient (Wildman–Crippen LogP) is 1.78. The number of nitrogens with one attached hydrogen (secondary N) is 1. The van der Waals surface area contributed by atoms with Crippen molar-refractivity contribution >= 4 is 11.7 Å². The van der Waals surface area contributed by atoms with Crippen LogP contribution in [0.3, 0.4) is 0 Å². The molecule has 0 heterocycles. The third-order valence-electron chi connectivity index (χ3n) is 2.29. The summed E-state index contributed by atoms with van der Waals surface area (Å²) in [6.45, 7) is 5.06. The molecule has 0 radical (unpaired) electrons. The zero-order valence-corrected chi connectivity index (χ0v) is 11.5. The molecule has 5 heteroatoms. The Morgan fingerprint density at radius 1 is 1.32 bits per heavy atom. The molecule has 0 aliphatic heterocycles. The van der Waals surface area contributed by atoms with Crippen molar-refractivity contribution in [1.29, 1.82) is 0 Å². The summed E-state index contributed by atoms with van der Waals surface area (Å²) in [6, 6.07) is 7.43. The molecule has 19 heavy (non-hydrogen) atoms. The first kappa shape index (κ1) is 15.3. The van der Waals surface area contributed by atoms with Gasteiger partial charge in [-0.1, -0.05) is 0 Å². The lowest BCUT2D eigenvalue weighted by atomic mass is 10.3. The summed E-state index contributed by atoms with van der Waals surface area (Å²) < 4.78 is 10.3. The van der Waals surface area contributed by atoms with Gasteiger partial charge in [0.2, 0.25) is 0 Å². The second-order valence-electron chi connectivity index (χ2n) is 4.42. The summed E-state index contributed by atoms with van der Waals surface area (Å²) in [4.78, 5) is 11.3. The van der Waals surface area contributed by atoms with Crippen LogP contribution in [-0.2, 0) is 9.53 Å². The first-order valence-corrected chi connectivity index (χ1v) is 6.48. The van der Waals surface area contributed by atoms with E-state index in [9.17, 15) is 4.79 Å². The SMILES string of the molecule is CC(C)OC(=O)COc1ccc(NCCCN)cc1. The van der Waals surface area contributed by atoms with Gasteiger partial charge in [-0.05, 0) is 51.1 Å². The summed E-state index contributed by atoms with van der Waals surface area (Å²) in [7, 11) is 0. The smallest absolute Gasteiger partial charge is 0.344 e. The number of rotatable bonds is 8. The highest BCUT2D eigenvalue weighted by molar-refractivity contribution is 5.71. The third kappa shape index (κ3) is 6.67. The van der Waals surface area contributed by atoms with Crippen molar-refractivity contribution in [3.05, 3.63) is 24.3 Å². The number of nitrogens with two attached hydrogens (primary N) is 1. The van der Waals surface area contributed by atoms with Gasteiger partial charge in [0.25, 0.3) is 0 Å². The fourth-order valence-electron chi connectivity index (χ4n) is 1.44. The molecule has 0 spiro atoms. The van der Waals surface area contributed by atoms with Crippen molar-refractivity contribution in [3.63, 3.8) is 0 Å². The summed E-state index contributed by atoms with van der Waals surface area (Å²) in [5.74, 6) is 0.283. The molecule has 5 nitrogen and oxygen atoms in total. The largest absolute Gasteiger partial charge is 0.482 e. The van der Waals surface area contributed by atoms with Gasteiger partial charge in [0.05, 0.1) is 6.10 Å². The minimum absolute atomic E-state index is 0.0713. The molecule has 0 aliphatic carbocycles. The number of carbonyl (C=O) groups is 1. The van der Waals surface area contributed by atoms with E-state index in [0.29, 0.717) is 12.3 Å². The van der Waals surface area contributed by atoms with Crippen molar-refractivity contribution in [2.45, 2.75) is 26.4 Å². The monoisotopic (exact) mass is 266 g/mol. The van der Waals surface area contributed by atoms with Gasteiger partial charge in [-0.25, -0.2) is 4.79 Å². The van der Waals surface area contributed by atoms with Crippen LogP contribution in [0, 0.1) is 0 Å². The second kappa shape index (κ2) is 8.37. The number of ether oxygens (including phenoxy) is 2. The van der Waals surface area contributed by atoms with Crippen molar-refractivity contribution in [1.82, 2.24) is 0 Å². The Balaban J connectivity index is 2.33. The molecule has 0 fully saturated rings. The van der Waals surface area contributed by atoms with Crippen molar-refractivity contribution in [2.24, 2.45) is 5.73 Å². The van der Waals surface area contributed by atoms with Gasteiger partial charge in [0.15, 0.2) is 6.61 Å². The summed E-state index contributed by atoms with van der Waals surface area (Å²) in [6.07, 6.45) is 0.810. The fraction of sp³-hybridized carbons (Fsp3) is 0.500. The number of benzene rings is 1. The van der Waals surface area contributed by atoms with Crippen LogP contribution in [0.4, 0.5) is 5.69 Å². The molecule has 0 atom stereocenters. The maximum atomic E-state index is 11.3. The minimum Gasteiger partial charge on any atom is -0.482 e. The van der Waals surface area contributed by atoms with E-state index in [1.165, 1.54) is 0 Å². The molecule has 0 amide bonds. The zero-order chi connectivity index (χ0) is 14.1. The molecule has 0 bridgehead atoms. The molecule has 0 unspecified atom stereocenters. The average molecular weight is 266 g/mol. The summed E-state index contributed by atoms with van der Waals surface area (Å²) in [5.41, 5.74) is 6.42. The zero-order valence-electron chi connectivity index (χ0n) is 11.5. The number of esters is 1. The highest BCUT2D eigenvalue weighted by atomic mass is 16.6. The highest BCUT2D eigenvalue weighted by Gasteiger charge is 2.06. The predicted molar refractivity (Wildman–Crippen MR) is 75.3 cm³/mol. The van der Waals surface area contributed by atoms with Gasteiger partial charge in [-0.15, -0.1) is 0 Å². The first-order valence-electron chi connectivity index (χ1n) is 6.48. The standard InChI is InChI=1S/C14H22N2O3/c1-11(2)19-14(17)10-18-13-6-4-12(5-7-13)16-9-3-8-15/h4-7,11,16H,3,8-10,15H2,1-2H3. The Morgan fingerprint density at radius 2 is 2.00 bits per heavy atom. The van der Waals surface area contributed by atoms with Gasteiger partial charge in [-0.3, -0.25) is 0 Å². The normalized spacial score (nSPS) is 10.3. The maximum absolute atomic E-state index is 11.3. The first-order chi connectivity index (χ1) is 9.11. The molecular formula is C14H22N2O3. The number of hydrogen-bond donors (Lipinski definition) is 2. The third-order valence-corrected chi connectivity index (χ3v) is 2.29. The van der Waals surface area contributed by atoms with Crippen LogP contribution in [0.5, 0.6) is 5.75 Å². The summed E-state index contributed by atoms with van der Waals surface area (Å²) >= 11 is 0. The second-order valence-corrected chi connectivity index (χ2v) is 4.42. The Kier molecular flexibility index (Phi) is 6.74. The Hall–Kier alpha value is -1.75. The molecule has 3 N–H and O–H groups in total. The Morgan fingerprint density at radius 3 is 2.58 bits per heavy atom. The van der Waals surface area contributed by atoms with Crippen LogP contribution < -0.4 is 15.8 Å². The molecule has 1 rings (SSSR count). The molecule has 0 aliphatic rings. The molecule has 0 saturated heterocycles. The van der Waals surface area contributed by atoms with E-state index < -0.39 is 0 Å². The van der Waals surface area contributed by atoms with Gasteiger partial charge in [0, 0.05) is 12.2 Å². The van der Waals surface area contributed by atoms with E-state index in [2.05, 4.69) is 5.32 Å². The summed E-state index contributed by atoms with van der Waals surface area (Å²) in [5, 5.41) is 3.24. The molecular weight excluding hydrogens is 244 g/mol. The van der Waals surface area contributed by atoms with E-state index in [1.54, 1.807) is 13.8 Å². The van der Waals surface area contributed by atoms with Gasteiger partial charge in [-0.2, -0.15) is 0 Å². The molecule has 1 aromatic carbocycles. The van der Waals surface area contributed by atoms with Crippen LogP contribution >= 0.6 is 0 Å². The van der Waals surface area contributed by atoms with Crippen LogP contribution in [0.15, 0.2) is 24.3 Å². The number of hydrogen-bond acceptors (Lipinski definition) is 5. The van der Waals surface area contributed by atoms with Gasteiger partial charge >= 0.3 is 5.97 Å². The van der Waals surface area contributed by atoms with Crippen LogP contribution in [0.1, 0.15) is 20.3 Å². The lowest BCUT2D eigenvalue weighted by molar-refractivity contribution is -0.149. The van der Waals surface area contributed by atoms with Crippen LogP contribution in [-0.4, -0.2) is 31.8 Å². The highest BCUT2D eigenvalue weighted by Crippen LogP contribution is 2.15. The fourth-order valence-corrected chi connectivity index (χ4v) is 1.44. The van der Waals surface area contributed by atoms with E-state index in [0.717, 1.165) is 18.7 Å². The van der Waals surface area contributed by atoms with Crippen molar-refractivity contribution in [2.75, 3.05) is 25.0 Å². The van der Waals surface area contributed by atoms with Crippen LogP contribution in [0.2, 0.25) is 0 Å². The maximum Gasteiger partial charge on any atom is 0.344 e. The molecule has 1 aromatic rings. The van der Waals surface area contributed by atoms with Crippen molar-refractivity contribution < 1.29 is 14.3 Å². The van der Waals surface area contributed by atoms with Crippen molar-refractivity contribution in [3.8, 4) is 5.75 Å². The Bertz CT molecular complexity index is 377. The quantitative estimate of drug-likeness (QED) is 0.554. The van der Waals surface area contributed by atoms with Gasteiger partial charge in [0.1, 0.15) is 5.75 Å². The van der Waals surface area contributed by atoms with E-state index in [4.69, 9.17) is 15.2 Å². The lowest BCUT2D eigenvalue weighted by Crippen LogP contribution is -2.18. The average Bonchev–Trinajstić information content (AvgIpc) is 2.37. The minimum atomic E-state index is -0.361. The number of anilines is 1. The van der Waals surface area contributed by atoms with E-state index in [1.807, 2.05) is 24.3 Å². The van der Waals surface area contributed by atoms with Gasteiger partial charge < -0.3 is 20.5 Å². The lowest BCUT2D eigenvalue weighted by Gasteiger charge is -2.10. The molecule has 106 valence electrons. The topological polar surface area (TPSA) is 73.6 Å².